The number of hydrogen-bond acceptors (Lipinski definition) is 7. The van der Waals surface area contributed by atoms with Crippen LogP contribution in [0, 0.1) is 17.6 Å². The van der Waals surface area contributed by atoms with E-state index < -0.39 is 89.2 Å². The molecule has 2 N–H and O–H groups in total. The number of carbonyl (C=O) groups excluding carboxylic acids is 1. The van der Waals surface area contributed by atoms with E-state index in [4.69, 9.17) is 21.3 Å². The summed E-state index contributed by atoms with van der Waals surface area (Å²) in [5, 5.41) is 11.4. The van der Waals surface area contributed by atoms with E-state index in [0.717, 1.165) is 12.1 Å². The number of aromatic nitrogens is 6. The van der Waals surface area contributed by atoms with E-state index in [9.17, 15) is 26.6 Å². The van der Waals surface area contributed by atoms with Crippen LogP contribution in [0.1, 0.15) is 47.7 Å². The number of rotatable bonds is 13. The van der Waals surface area contributed by atoms with E-state index in [1.54, 1.807) is 61.6 Å². The Morgan fingerprint density at radius 3 is 2.40 bits per heavy atom. The quantitative estimate of drug-likeness (QED) is 0.110. The highest BCUT2D eigenvalue weighted by Gasteiger charge is 2.51. The normalized spacial score (nSPS) is 15.2. The minimum absolute atomic E-state index is 0.0107. The highest BCUT2D eigenvalue weighted by Crippen LogP contribution is 2.48. The number of benzene rings is 5. The summed E-state index contributed by atoms with van der Waals surface area (Å²) >= 11 is 6.73. The lowest BCUT2D eigenvalue weighted by Crippen LogP contribution is -2.38. The van der Waals surface area contributed by atoms with Crippen LogP contribution in [0.2, 0.25) is 5.02 Å². The Morgan fingerprint density at radius 2 is 1.69 bits per heavy atom. The predicted molar refractivity (Wildman–Crippen MR) is 241 cm³/mol. The number of alkyl halides is 4. The first-order chi connectivity index (χ1) is 32.0. The molecule has 3 atom stereocenters. The molecule has 0 fully saturated rings. The molecule has 3 unspecified atom stereocenters. The van der Waals surface area contributed by atoms with Crippen LogP contribution in [-0.2, 0) is 48.1 Å². The molecule has 1 aliphatic rings. The number of halogens is 7. The van der Waals surface area contributed by atoms with Crippen molar-refractivity contribution in [2.24, 2.45) is 13.0 Å². The maximum absolute atomic E-state index is 15.6. The van der Waals surface area contributed by atoms with Crippen molar-refractivity contribution in [2.45, 2.75) is 44.7 Å². The molecule has 344 valence electrons. The third kappa shape index (κ3) is 8.52. The number of nitrogens with one attached hydrogen (secondary N) is 2. The van der Waals surface area contributed by atoms with Gasteiger partial charge in [0.25, 0.3) is 17.9 Å². The maximum atomic E-state index is 15.6. The van der Waals surface area contributed by atoms with Crippen LogP contribution < -0.4 is 20.3 Å². The van der Waals surface area contributed by atoms with E-state index in [-0.39, 0.29) is 55.3 Å². The molecule has 0 radical (unpaired) electrons. The van der Waals surface area contributed by atoms with Crippen molar-refractivity contribution >= 4 is 56.1 Å². The van der Waals surface area contributed by atoms with Crippen molar-refractivity contribution in [3.8, 4) is 28.3 Å². The minimum atomic E-state index is -3.61. The Hall–Kier alpha value is -6.99. The molecule has 0 bridgehead atoms. The van der Waals surface area contributed by atoms with Crippen LogP contribution in [-0.4, -0.2) is 45.5 Å². The van der Waals surface area contributed by atoms with Gasteiger partial charge in [0, 0.05) is 42.8 Å². The van der Waals surface area contributed by atoms with Gasteiger partial charge in [0.1, 0.15) is 57.9 Å². The fraction of sp³-hybridized carbons (Fsp3) is 0.213. The Bertz CT molecular complexity index is 3330. The van der Waals surface area contributed by atoms with Gasteiger partial charge in [-0.3, -0.25) is 28.2 Å². The SMILES string of the molecule is CC1Cc2c(C(F)F)nn(CC(=O)NC(Cc3cc(F)cc(F)c3)c3nc4cc(-c5ccccc5Oc5ccccc5)ccc4c(=O)n3-c3ccc(Cl)c4c(NS(C)=O)nn(C)c34)c2C1(F)F. The Morgan fingerprint density at radius 1 is 0.970 bits per heavy atom. The molecule has 0 saturated heterocycles. The smallest absolute Gasteiger partial charge is 0.292 e. The van der Waals surface area contributed by atoms with Crippen molar-refractivity contribution < 1.29 is 40.1 Å². The van der Waals surface area contributed by atoms with Gasteiger partial charge < -0.3 is 10.1 Å². The lowest BCUT2D eigenvalue weighted by atomic mass is 10.0. The molecule has 1 amide bonds. The van der Waals surface area contributed by atoms with Gasteiger partial charge in [0.05, 0.1) is 38.6 Å². The van der Waals surface area contributed by atoms with Crippen LogP contribution >= 0.6 is 11.6 Å². The third-order valence-electron chi connectivity index (χ3n) is 11.5. The predicted octanol–water partition coefficient (Wildman–Crippen LogP) is 9.89. The number of carbonyl (C=O) groups is 1. The summed E-state index contributed by atoms with van der Waals surface area (Å²) in [6, 6.07) is 25.2. The van der Waals surface area contributed by atoms with Gasteiger partial charge >= 0.3 is 0 Å². The van der Waals surface area contributed by atoms with Crippen LogP contribution in [0.15, 0.2) is 108 Å². The maximum Gasteiger partial charge on any atom is 0.292 e. The largest absolute Gasteiger partial charge is 0.457 e. The molecule has 67 heavy (non-hydrogen) atoms. The van der Waals surface area contributed by atoms with Crippen molar-refractivity contribution in [2.75, 3.05) is 11.0 Å². The second-order valence-corrected chi connectivity index (χ2v) is 17.6. The first-order valence-electron chi connectivity index (χ1n) is 20.6. The summed E-state index contributed by atoms with van der Waals surface area (Å²) in [5.74, 6) is -7.01. The molecule has 1 aliphatic carbocycles. The number of hydrogen-bond donors (Lipinski definition) is 2. The standard InChI is InChI=1S/C47H37ClF6N8O4S/c1-24-17-32-40(43(51)52)57-61(42(32)47(24,53)54)23-38(63)55-35(20-25-18-27(49)22-28(50)19-25)45-56-34-21-26(30-11-7-8-12-37(30)66-29-9-5-4-6-10-29)13-14-31(34)46(64)62(45)36-16-15-33(48)39-41(36)60(2)58-44(39)59-67(3)65/h4-16,18-19,21-22,24,35,43H,17,20,23H2,1-3H3,(H,55,63)(H,58,59). The highest BCUT2D eigenvalue weighted by molar-refractivity contribution is 7.85. The molecular weight excluding hydrogens is 922 g/mol. The number of anilines is 1. The van der Waals surface area contributed by atoms with E-state index in [1.807, 2.05) is 18.2 Å². The third-order valence-corrected chi connectivity index (χ3v) is 12.3. The van der Waals surface area contributed by atoms with E-state index in [1.165, 1.54) is 34.6 Å². The molecular formula is C47H37ClF6N8O4S. The topological polar surface area (TPSA) is 138 Å². The zero-order valence-electron chi connectivity index (χ0n) is 35.5. The molecule has 0 saturated carbocycles. The summed E-state index contributed by atoms with van der Waals surface area (Å²) in [6.07, 6.45) is -2.68. The summed E-state index contributed by atoms with van der Waals surface area (Å²) in [4.78, 5) is 34.5. The number of fused-ring (bicyclic) bond motifs is 3. The van der Waals surface area contributed by atoms with Gasteiger partial charge in [-0.05, 0) is 72.1 Å². The van der Waals surface area contributed by atoms with Gasteiger partial charge in [0.15, 0.2) is 5.82 Å². The first kappa shape index (κ1) is 45.2. The van der Waals surface area contributed by atoms with Crippen LogP contribution in [0.25, 0.3) is 38.6 Å². The molecule has 0 spiro atoms. The molecule has 9 rings (SSSR count). The fourth-order valence-electron chi connectivity index (χ4n) is 8.59. The van der Waals surface area contributed by atoms with Gasteiger partial charge in [-0.15, -0.1) is 0 Å². The first-order valence-corrected chi connectivity index (χ1v) is 22.6. The monoisotopic (exact) mass is 958 g/mol. The van der Waals surface area contributed by atoms with Crippen LogP contribution in [0.4, 0.5) is 32.2 Å². The number of amides is 1. The van der Waals surface area contributed by atoms with Gasteiger partial charge in [-0.25, -0.2) is 26.8 Å². The van der Waals surface area contributed by atoms with Crippen molar-refractivity contribution in [3.63, 3.8) is 0 Å². The lowest BCUT2D eigenvalue weighted by Gasteiger charge is -2.24. The molecule has 12 nitrogen and oxygen atoms in total. The van der Waals surface area contributed by atoms with Gasteiger partial charge in [-0.2, -0.15) is 19.0 Å². The van der Waals surface area contributed by atoms with E-state index >= 15 is 13.6 Å². The summed E-state index contributed by atoms with van der Waals surface area (Å²) in [7, 11) is -0.0729. The van der Waals surface area contributed by atoms with E-state index in [0.29, 0.717) is 33.4 Å². The minimum Gasteiger partial charge on any atom is -0.457 e. The number of nitrogens with zero attached hydrogens (tertiary/aromatic N) is 6. The van der Waals surface area contributed by atoms with Gasteiger partial charge in [0.2, 0.25) is 5.91 Å². The second-order valence-electron chi connectivity index (χ2n) is 16.1. The Kier molecular flexibility index (Phi) is 11.9. The average molecular weight is 959 g/mol. The number of aryl methyl sites for hydroxylation is 1. The van der Waals surface area contributed by atoms with Crippen LogP contribution in [0.3, 0.4) is 0 Å². The summed E-state index contributed by atoms with van der Waals surface area (Å²) in [5.41, 5.74) is -1.14. The Balaban J connectivity index is 1.26. The molecule has 0 aliphatic heterocycles. The zero-order chi connectivity index (χ0) is 47.5. The lowest BCUT2D eigenvalue weighted by molar-refractivity contribution is -0.123. The molecule has 3 heterocycles. The summed E-state index contributed by atoms with van der Waals surface area (Å²) in [6.45, 7) is 0.219. The van der Waals surface area contributed by atoms with Crippen molar-refractivity contribution in [1.82, 2.24) is 34.4 Å². The van der Waals surface area contributed by atoms with Crippen molar-refractivity contribution in [1.29, 1.82) is 0 Å². The van der Waals surface area contributed by atoms with Crippen LogP contribution in [0.5, 0.6) is 11.5 Å². The fourth-order valence-corrected chi connectivity index (χ4v) is 9.25. The average Bonchev–Trinajstić information content (AvgIpc) is 3.88. The van der Waals surface area contributed by atoms with Crippen molar-refractivity contribution in [3.05, 3.63) is 158 Å². The number of para-hydroxylation sites is 2. The molecule has 3 aromatic heterocycles. The highest BCUT2D eigenvalue weighted by atomic mass is 35.5. The molecule has 8 aromatic rings. The molecule has 5 aromatic carbocycles. The second kappa shape index (κ2) is 17.7. The van der Waals surface area contributed by atoms with Gasteiger partial charge in [-0.1, -0.05) is 61.0 Å². The zero-order valence-corrected chi connectivity index (χ0v) is 37.1. The number of ether oxygens (including phenoxy) is 1. The summed E-state index contributed by atoms with van der Waals surface area (Å²) < 4.78 is 114. The van der Waals surface area contributed by atoms with E-state index in [2.05, 4.69) is 20.2 Å². The molecule has 20 heteroatoms. The Labute approximate surface area is 384 Å².